The molecule has 2 aromatic carbocycles. The Morgan fingerprint density at radius 1 is 0.933 bits per heavy atom. The highest BCUT2D eigenvalue weighted by Gasteiger charge is 2.16. The molecule has 1 aliphatic carbocycles. The van der Waals surface area contributed by atoms with E-state index in [2.05, 4.69) is 102 Å². The van der Waals surface area contributed by atoms with E-state index in [0.717, 1.165) is 17.1 Å². The molecule has 0 nitrogen and oxygen atoms in total. The van der Waals surface area contributed by atoms with Crippen molar-refractivity contribution in [1.29, 1.82) is 0 Å². The molecule has 0 bridgehead atoms. The third kappa shape index (κ3) is 7.48. The van der Waals surface area contributed by atoms with Crippen molar-refractivity contribution in [3.63, 3.8) is 0 Å². The monoisotopic (exact) mass is 402 g/mol. The van der Waals surface area contributed by atoms with E-state index >= 15 is 0 Å². The molecule has 162 valence electrons. The van der Waals surface area contributed by atoms with Crippen LogP contribution in [0.5, 0.6) is 0 Å². The van der Waals surface area contributed by atoms with Crippen molar-refractivity contribution in [1.82, 2.24) is 0 Å². The number of allylic oxidation sites excluding steroid dienone is 4. The van der Waals surface area contributed by atoms with E-state index in [-0.39, 0.29) is 5.41 Å². The molecule has 0 saturated carbocycles. The number of benzene rings is 2. The molecule has 2 aromatic rings. The molecule has 0 heteroatoms. The van der Waals surface area contributed by atoms with Gasteiger partial charge in [0.25, 0.3) is 0 Å². The molecule has 3 rings (SSSR count). The molecule has 0 radical (unpaired) electrons. The fourth-order valence-corrected chi connectivity index (χ4v) is 3.47. The lowest BCUT2D eigenvalue weighted by atomic mass is 9.86. The number of hydrogen-bond acceptors (Lipinski definition) is 0. The molecule has 0 amide bonds. The van der Waals surface area contributed by atoms with Gasteiger partial charge in [-0.15, -0.1) is 0 Å². The van der Waals surface area contributed by atoms with Crippen molar-refractivity contribution < 1.29 is 0 Å². The van der Waals surface area contributed by atoms with Gasteiger partial charge in [-0.3, -0.25) is 0 Å². The Labute approximate surface area is 186 Å². The fourth-order valence-electron chi connectivity index (χ4n) is 3.47. The van der Waals surface area contributed by atoms with E-state index in [1.54, 1.807) is 11.1 Å². The van der Waals surface area contributed by atoms with Crippen LogP contribution in [0.25, 0.3) is 5.57 Å². The summed E-state index contributed by atoms with van der Waals surface area (Å²) in [7, 11) is 0. The quantitative estimate of drug-likeness (QED) is 0.449. The van der Waals surface area contributed by atoms with Crippen molar-refractivity contribution in [3.8, 4) is 0 Å². The van der Waals surface area contributed by atoms with Crippen LogP contribution < -0.4 is 0 Å². The van der Waals surface area contributed by atoms with Gasteiger partial charge in [-0.05, 0) is 71.4 Å². The topological polar surface area (TPSA) is 0 Å². The number of hydrogen-bond donors (Lipinski definition) is 0. The van der Waals surface area contributed by atoms with Gasteiger partial charge in [-0.25, -0.2) is 0 Å². The van der Waals surface area contributed by atoms with Gasteiger partial charge in [0.15, 0.2) is 0 Å². The minimum Gasteiger partial charge on any atom is -0.0955 e. The van der Waals surface area contributed by atoms with Gasteiger partial charge in [-0.1, -0.05) is 115 Å². The van der Waals surface area contributed by atoms with Crippen molar-refractivity contribution in [2.24, 2.45) is 0 Å². The normalized spacial score (nSPS) is 15.2. The standard InChI is InChI=1S/C18H24.C10H12.C2H6/c1-13(2)14(3)12-15(4)16-8-10-17(11-9-16)18(5,6)7;1-8-6-7-9-4-2-3-5-10(8)9;1-2/h8-12H,1,3H2,2,4-7H3;2-5,8H,6-7H2,1H3;1-2H3/b15-12+;;. The van der Waals surface area contributed by atoms with E-state index in [0.29, 0.717) is 0 Å². The average Bonchev–Trinajstić information content (AvgIpc) is 3.10. The molecule has 0 aromatic heterocycles. The van der Waals surface area contributed by atoms with Crippen molar-refractivity contribution in [2.75, 3.05) is 0 Å². The fraction of sp³-hybridized carbons (Fsp3) is 0.400. The summed E-state index contributed by atoms with van der Waals surface area (Å²) in [6.45, 7) is 25.0. The Morgan fingerprint density at radius 2 is 1.50 bits per heavy atom. The molecule has 0 spiro atoms. The zero-order valence-electron chi connectivity index (χ0n) is 20.6. The summed E-state index contributed by atoms with van der Waals surface area (Å²) in [5.74, 6) is 0.802. The van der Waals surface area contributed by atoms with Crippen LogP contribution >= 0.6 is 0 Å². The largest absolute Gasteiger partial charge is 0.0955 e. The van der Waals surface area contributed by atoms with E-state index in [9.17, 15) is 0 Å². The van der Waals surface area contributed by atoms with Crippen LogP contribution in [-0.2, 0) is 11.8 Å². The van der Waals surface area contributed by atoms with Gasteiger partial charge in [0.2, 0.25) is 0 Å². The first-order valence-corrected chi connectivity index (χ1v) is 11.3. The van der Waals surface area contributed by atoms with Crippen LogP contribution in [0, 0.1) is 0 Å². The van der Waals surface area contributed by atoms with Crippen LogP contribution in [0.3, 0.4) is 0 Å². The van der Waals surface area contributed by atoms with E-state index in [1.807, 2.05) is 20.8 Å². The lowest BCUT2D eigenvalue weighted by molar-refractivity contribution is 0.590. The second-order valence-corrected chi connectivity index (χ2v) is 9.10. The van der Waals surface area contributed by atoms with Gasteiger partial charge in [0, 0.05) is 0 Å². The Morgan fingerprint density at radius 3 is 2.00 bits per heavy atom. The second-order valence-electron chi connectivity index (χ2n) is 9.10. The summed E-state index contributed by atoms with van der Waals surface area (Å²) in [5, 5.41) is 0. The van der Waals surface area contributed by atoms with E-state index < -0.39 is 0 Å². The molecule has 0 fully saturated rings. The molecule has 1 atom stereocenters. The van der Waals surface area contributed by atoms with Gasteiger partial charge < -0.3 is 0 Å². The molecule has 1 aliphatic rings. The van der Waals surface area contributed by atoms with E-state index in [1.165, 1.54) is 29.5 Å². The maximum Gasteiger partial charge on any atom is -0.0132 e. The summed E-state index contributed by atoms with van der Waals surface area (Å²) in [4.78, 5) is 0. The van der Waals surface area contributed by atoms with Gasteiger partial charge in [0.1, 0.15) is 0 Å². The summed E-state index contributed by atoms with van der Waals surface area (Å²) < 4.78 is 0. The summed E-state index contributed by atoms with van der Waals surface area (Å²) >= 11 is 0. The predicted molar refractivity (Wildman–Crippen MR) is 137 cm³/mol. The highest BCUT2D eigenvalue weighted by molar-refractivity contribution is 5.68. The highest BCUT2D eigenvalue weighted by atomic mass is 14.2. The maximum atomic E-state index is 4.00. The Hall–Kier alpha value is -2.34. The third-order valence-corrected chi connectivity index (χ3v) is 5.58. The molecule has 0 heterocycles. The van der Waals surface area contributed by atoms with Gasteiger partial charge in [0.05, 0.1) is 0 Å². The first kappa shape index (κ1) is 25.7. The molecule has 0 N–H and O–H groups in total. The number of aryl methyl sites for hydroxylation is 1. The molecular formula is C30H42. The number of rotatable bonds is 3. The third-order valence-electron chi connectivity index (χ3n) is 5.58. The van der Waals surface area contributed by atoms with E-state index in [4.69, 9.17) is 0 Å². The minimum atomic E-state index is 0.206. The average molecular weight is 403 g/mol. The van der Waals surface area contributed by atoms with Gasteiger partial charge in [-0.2, -0.15) is 0 Å². The zero-order chi connectivity index (χ0) is 22.9. The summed E-state index contributed by atoms with van der Waals surface area (Å²) in [6.07, 6.45) is 4.73. The molecule has 30 heavy (non-hydrogen) atoms. The number of fused-ring (bicyclic) bond motifs is 1. The molecule has 1 unspecified atom stereocenters. The lowest BCUT2D eigenvalue weighted by Crippen LogP contribution is -2.10. The predicted octanol–water partition coefficient (Wildman–Crippen LogP) is 9.28. The van der Waals surface area contributed by atoms with Crippen LogP contribution in [0.2, 0.25) is 0 Å². The SMILES string of the molecule is C=C(C)C(=C)/C=C(\C)c1ccc(C(C)(C)C)cc1.CC.CC1CCc2ccccc21. The van der Waals surface area contributed by atoms with Crippen LogP contribution in [-0.4, -0.2) is 0 Å². The lowest BCUT2D eigenvalue weighted by Gasteiger charge is -2.19. The molecular weight excluding hydrogens is 360 g/mol. The minimum absolute atomic E-state index is 0.206. The van der Waals surface area contributed by atoms with Crippen molar-refractivity contribution in [2.45, 2.75) is 79.6 Å². The van der Waals surface area contributed by atoms with Crippen molar-refractivity contribution in [3.05, 3.63) is 101 Å². The first-order chi connectivity index (χ1) is 14.1. The molecule has 0 aliphatic heterocycles. The van der Waals surface area contributed by atoms with Crippen LogP contribution in [0.1, 0.15) is 90.0 Å². The first-order valence-electron chi connectivity index (χ1n) is 11.3. The molecule has 0 saturated heterocycles. The summed E-state index contributed by atoms with van der Waals surface area (Å²) in [6, 6.07) is 17.5. The highest BCUT2D eigenvalue weighted by Crippen LogP contribution is 2.31. The second kappa shape index (κ2) is 11.7. The van der Waals surface area contributed by atoms with Crippen LogP contribution in [0.4, 0.5) is 0 Å². The van der Waals surface area contributed by atoms with Crippen molar-refractivity contribution >= 4 is 5.57 Å². The van der Waals surface area contributed by atoms with Gasteiger partial charge >= 0.3 is 0 Å². The Kier molecular flexibility index (Phi) is 10.1. The zero-order valence-corrected chi connectivity index (χ0v) is 20.6. The van der Waals surface area contributed by atoms with Crippen LogP contribution in [0.15, 0.2) is 78.9 Å². The maximum absolute atomic E-state index is 4.00. The Balaban J connectivity index is 0.000000313. The summed E-state index contributed by atoms with van der Waals surface area (Å²) in [5.41, 5.74) is 9.18. The Bertz CT molecular complexity index is 854. The smallest absolute Gasteiger partial charge is 0.0132 e.